The normalized spacial score (nSPS) is 13.4. The van der Waals surface area contributed by atoms with E-state index in [4.69, 9.17) is 23.8 Å². The Hall–Kier alpha value is -8.22. The molecule has 0 amide bonds. The number of nitrogens with zero attached hydrogens (tertiary/aromatic N) is 4. The van der Waals surface area contributed by atoms with E-state index in [-0.39, 0.29) is 5.92 Å². The van der Waals surface area contributed by atoms with Crippen molar-refractivity contribution in [3.8, 4) is 56.4 Å². The van der Waals surface area contributed by atoms with E-state index in [9.17, 15) is 0 Å². The van der Waals surface area contributed by atoms with Crippen molar-refractivity contribution in [2.45, 2.75) is 5.92 Å². The zero-order valence-electron chi connectivity index (χ0n) is 32.6. The van der Waals surface area contributed by atoms with E-state index in [1.54, 1.807) is 12.4 Å². The van der Waals surface area contributed by atoms with Crippen molar-refractivity contribution in [1.29, 1.82) is 0 Å². The highest BCUT2D eigenvalue weighted by molar-refractivity contribution is 6.07. The van der Waals surface area contributed by atoms with Gasteiger partial charge in [-0.2, -0.15) is 0 Å². The summed E-state index contributed by atoms with van der Waals surface area (Å²) < 4.78 is 12.4. The van der Waals surface area contributed by atoms with Gasteiger partial charge in [-0.3, -0.25) is 4.98 Å². The minimum atomic E-state index is 0.178. The fourth-order valence-electron chi connectivity index (χ4n) is 9.33. The Bertz CT molecular complexity index is 3720. The largest absolute Gasteiger partial charge is 0.456 e. The van der Waals surface area contributed by atoms with Crippen LogP contribution in [0.4, 0.5) is 0 Å². The quantitative estimate of drug-likeness (QED) is 0.173. The van der Waals surface area contributed by atoms with Crippen LogP contribution in [-0.4, -0.2) is 19.9 Å². The van der Waals surface area contributed by atoms with E-state index in [2.05, 4.69) is 132 Å². The van der Waals surface area contributed by atoms with Gasteiger partial charge in [-0.25, -0.2) is 15.0 Å². The van der Waals surface area contributed by atoms with Gasteiger partial charge in [-0.05, 0) is 104 Å². The van der Waals surface area contributed by atoms with Gasteiger partial charge in [0.25, 0.3) is 0 Å². The molecular formula is C55H32N4O2. The number of aromatic nitrogens is 4. The summed E-state index contributed by atoms with van der Waals surface area (Å²) in [6.07, 6.45) is 3.53. The summed E-state index contributed by atoms with van der Waals surface area (Å²) >= 11 is 0. The molecule has 1 unspecified atom stereocenters. The summed E-state index contributed by atoms with van der Waals surface area (Å²) in [6, 6.07) is 62.1. The van der Waals surface area contributed by atoms with Crippen molar-refractivity contribution < 1.29 is 8.83 Å². The second kappa shape index (κ2) is 13.1. The minimum absolute atomic E-state index is 0.178. The van der Waals surface area contributed by atoms with Crippen molar-refractivity contribution >= 4 is 54.6 Å². The maximum Gasteiger partial charge on any atom is 0.164 e. The van der Waals surface area contributed by atoms with Gasteiger partial charge in [-0.1, -0.05) is 121 Å². The van der Waals surface area contributed by atoms with Crippen LogP contribution in [0.3, 0.4) is 0 Å². The molecular weight excluding hydrogens is 749 g/mol. The van der Waals surface area contributed by atoms with Gasteiger partial charge in [-0.15, -0.1) is 0 Å². The molecule has 0 saturated heterocycles. The van der Waals surface area contributed by atoms with Gasteiger partial charge >= 0.3 is 0 Å². The molecule has 0 saturated carbocycles. The third-order valence-corrected chi connectivity index (χ3v) is 12.3. The molecule has 284 valence electrons. The molecule has 0 fully saturated rings. The predicted octanol–water partition coefficient (Wildman–Crippen LogP) is 14.0. The highest BCUT2D eigenvalue weighted by atomic mass is 16.3. The van der Waals surface area contributed by atoms with Gasteiger partial charge in [0.15, 0.2) is 23.1 Å². The number of hydrogen-bond acceptors (Lipinski definition) is 6. The SMILES string of the molecule is c1ccc2c(c1)-c1cc3ccccc3cc1C2c1ccc(-c2ccc(-c3nc(-c4ccc5c(c4)oc4cnccc45)nc(-c4ccc5oc6ccccc6c5c4)n3)cc2)cc1. The monoisotopic (exact) mass is 780 g/mol. The predicted molar refractivity (Wildman–Crippen MR) is 244 cm³/mol. The molecule has 1 aliphatic carbocycles. The molecule has 4 aromatic heterocycles. The van der Waals surface area contributed by atoms with Crippen LogP contribution < -0.4 is 0 Å². The minimum Gasteiger partial charge on any atom is -0.456 e. The molecule has 1 atom stereocenters. The molecule has 0 radical (unpaired) electrons. The van der Waals surface area contributed by atoms with Crippen LogP contribution in [0.25, 0.3) is 111 Å². The standard InChI is InChI=1S/C55H32N4O2/c1-2-8-37-28-47-45(27-36(37)7-1)40-9-3-4-11-44(40)52(47)34-17-13-32(14-18-34)33-15-19-35(20-16-33)53-57-54(38-22-24-49-46(29-38)41-10-5-6-12-48(41)60-49)59-55(58-53)39-21-23-42-43-25-26-56-31-51(43)61-50(42)30-39/h1-31,52H. The maximum atomic E-state index is 6.22. The van der Waals surface area contributed by atoms with Crippen LogP contribution in [0.15, 0.2) is 197 Å². The molecule has 6 nitrogen and oxygen atoms in total. The van der Waals surface area contributed by atoms with Crippen molar-refractivity contribution in [2.24, 2.45) is 0 Å². The average Bonchev–Trinajstić information content (AvgIpc) is 3.99. The lowest BCUT2D eigenvalue weighted by molar-refractivity contribution is 0.667. The van der Waals surface area contributed by atoms with Crippen molar-refractivity contribution in [3.05, 3.63) is 205 Å². The van der Waals surface area contributed by atoms with E-state index in [0.29, 0.717) is 17.5 Å². The van der Waals surface area contributed by atoms with Crippen LogP contribution in [0.5, 0.6) is 0 Å². The first kappa shape index (κ1) is 33.7. The van der Waals surface area contributed by atoms with Crippen LogP contribution in [0.1, 0.15) is 22.6 Å². The molecule has 0 aliphatic heterocycles. The second-order valence-corrected chi connectivity index (χ2v) is 15.8. The highest BCUT2D eigenvalue weighted by Gasteiger charge is 2.30. The molecule has 1 aliphatic rings. The first-order chi connectivity index (χ1) is 30.2. The summed E-state index contributed by atoms with van der Waals surface area (Å²) in [5.74, 6) is 1.89. The molecule has 8 aromatic carbocycles. The number of fused-ring (bicyclic) bond motifs is 10. The molecule has 13 rings (SSSR count). The average molecular weight is 781 g/mol. The number of hydrogen-bond donors (Lipinski definition) is 0. The fourth-order valence-corrected chi connectivity index (χ4v) is 9.33. The first-order valence-electron chi connectivity index (χ1n) is 20.5. The van der Waals surface area contributed by atoms with Gasteiger partial charge in [0.2, 0.25) is 0 Å². The van der Waals surface area contributed by atoms with E-state index < -0.39 is 0 Å². The zero-order valence-corrected chi connectivity index (χ0v) is 32.6. The van der Waals surface area contributed by atoms with Crippen LogP contribution in [0.2, 0.25) is 0 Å². The smallest absolute Gasteiger partial charge is 0.164 e. The van der Waals surface area contributed by atoms with E-state index in [0.717, 1.165) is 71.7 Å². The molecule has 12 aromatic rings. The molecule has 0 bridgehead atoms. The molecule has 4 heterocycles. The van der Waals surface area contributed by atoms with Crippen LogP contribution in [0, 0.1) is 0 Å². The maximum absolute atomic E-state index is 6.22. The third-order valence-electron chi connectivity index (χ3n) is 12.3. The van der Waals surface area contributed by atoms with Gasteiger partial charge in [0, 0.05) is 50.4 Å². The summed E-state index contributed by atoms with van der Waals surface area (Å²) in [7, 11) is 0. The lowest BCUT2D eigenvalue weighted by Gasteiger charge is -2.16. The van der Waals surface area contributed by atoms with Gasteiger partial charge in [0.05, 0.1) is 6.20 Å². The Labute approximate surface area is 349 Å². The van der Waals surface area contributed by atoms with Gasteiger partial charge < -0.3 is 8.83 Å². The zero-order chi connectivity index (χ0) is 40.0. The Morgan fingerprint density at radius 1 is 0.361 bits per heavy atom. The second-order valence-electron chi connectivity index (χ2n) is 15.8. The van der Waals surface area contributed by atoms with E-state index in [1.165, 1.54) is 38.6 Å². The van der Waals surface area contributed by atoms with E-state index >= 15 is 0 Å². The Morgan fingerprint density at radius 2 is 0.951 bits per heavy atom. The summed E-state index contributed by atoms with van der Waals surface area (Å²) in [5.41, 5.74) is 14.7. The molecule has 61 heavy (non-hydrogen) atoms. The topological polar surface area (TPSA) is 77.8 Å². The van der Waals surface area contributed by atoms with Crippen LogP contribution in [-0.2, 0) is 0 Å². The molecule has 0 N–H and O–H groups in total. The number of para-hydroxylation sites is 1. The summed E-state index contributed by atoms with van der Waals surface area (Å²) in [4.78, 5) is 19.5. The third kappa shape index (κ3) is 5.43. The van der Waals surface area contributed by atoms with Crippen molar-refractivity contribution in [2.75, 3.05) is 0 Å². The number of pyridine rings is 1. The number of benzene rings is 8. The van der Waals surface area contributed by atoms with Crippen molar-refractivity contribution in [1.82, 2.24) is 19.9 Å². The highest BCUT2D eigenvalue weighted by Crippen LogP contribution is 2.49. The number of rotatable bonds is 5. The summed E-state index contributed by atoms with van der Waals surface area (Å²) in [5, 5.41) is 6.64. The van der Waals surface area contributed by atoms with Crippen LogP contribution >= 0.6 is 0 Å². The van der Waals surface area contributed by atoms with E-state index in [1.807, 2.05) is 48.5 Å². The lowest BCUT2D eigenvalue weighted by atomic mass is 9.87. The molecule has 0 spiro atoms. The Morgan fingerprint density at radius 3 is 1.79 bits per heavy atom. The number of furan rings is 2. The Balaban J connectivity index is 0.877. The Kier molecular flexibility index (Phi) is 7.27. The lowest BCUT2D eigenvalue weighted by Crippen LogP contribution is -2.00. The molecule has 6 heteroatoms. The fraction of sp³-hybridized carbons (Fsp3) is 0.0182. The summed E-state index contributed by atoms with van der Waals surface area (Å²) in [6.45, 7) is 0. The van der Waals surface area contributed by atoms with Crippen molar-refractivity contribution in [3.63, 3.8) is 0 Å². The first-order valence-corrected chi connectivity index (χ1v) is 20.5. The van der Waals surface area contributed by atoms with Gasteiger partial charge in [0.1, 0.15) is 16.7 Å².